The van der Waals surface area contributed by atoms with E-state index < -0.39 is 40.8 Å². The second-order valence-corrected chi connectivity index (χ2v) is 12.1. The van der Waals surface area contributed by atoms with Gasteiger partial charge in [-0.2, -0.15) is 0 Å². The maximum Gasteiger partial charge on any atom is 0.338 e. The molecule has 43 heavy (non-hydrogen) atoms. The van der Waals surface area contributed by atoms with Gasteiger partial charge in [-0.1, -0.05) is 53.4 Å². The number of carbonyl (C=O) groups is 4. The van der Waals surface area contributed by atoms with Crippen LogP contribution in [0.2, 0.25) is 0 Å². The molecule has 0 radical (unpaired) electrons. The normalized spacial score (nSPS) is 19.1. The predicted molar refractivity (Wildman–Crippen MR) is 162 cm³/mol. The summed E-state index contributed by atoms with van der Waals surface area (Å²) in [7, 11) is 0. The summed E-state index contributed by atoms with van der Waals surface area (Å²) in [6.45, 7) is 1.64. The fourth-order valence-corrected chi connectivity index (χ4v) is 8.15. The van der Waals surface area contributed by atoms with Crippen molar-refractivity contribution in [2.45, 2.75) is 29.7 Å². The van der Waals surface area contributed by atoms with Gasteiger partial charge in [0.05, 0.1) is 28.8 Å². The number of phenols is 1. The Labute approximate surface area is 253 Å². The Morgan fingerprint density at radius 1 is 0.930 bits per heavy atom. The van der Waals surface area contributed by atoms with Crippen molar-refractivity contribution in [3.63, 3.8) is 0 Å². The highest BCUT2D eigenvalue weighted by molar-refractivity contribution is 8.00. The molecule has 6 rings (SSSR count). The van der Waals surface area contributed by atoms with E-state index in [1.807, 2.05) is 6.07 Å². The number of aromatic hydroxyl groups is 1. The number of phenolic OH excluding ortho intramolecular Hbond substituents is 1. The van der Waals surface area contributed by atoms with Gasteiger partial charge in [-0.15, -0.1) is 0 Å². The monoisotopic (exact) mass is 615 g/mol. The number of anilines is 2. The number of thioether (sulfide) groups is 1. The zero-order chi connectivity index (χ0) is 30.2. The first-order valence-electron chi connectivity index (χ1n) is 13.5. The highest BCUT2D eigenvalue weighted by atomic mass is 32.2. The van der Waals surface area contributed by atoms with E-state index >= 15 is 0 Å². The molecule has 0 aliphatic carbocycles. The van der Waals surface area contributed by atoms with Crippen LogP contribution in [0.5, 0.6) is 5.75 Å². The molecule has 3 aromatic carbocycles. The van der Waals surface area contributed by atoms with Gasteiger partial charge in [-0.25, -0.2) is 9.69 Å². The van der Waals surface area contributed by atoms with Gasteiger partial charge in [0, 0.05) is 16.5 Å². The Kier molecular flexibility index (Phi) is 7.63. The summed E-state index contributed by atoms with van der Waals surface area (Å²) in [6, 6.07) is 21.2. The first-order valence-corrected chi connectivity index (χ1v) is 15.2. The van der Waals surface area contributed by atoms with E-state index in [9.17, 15) is 29.1 Å². The third-order valence-electron chi connectivity index (χ3n) is 7.30. The lowest BCUT2D eigenvalue weighted by Crippen LogP contribution is -2.33. The van der Waals surface area contributed by atoms with Gasteiger partial charge in [-0.3, -0.25) is 23.7 Å². The van der Waals surface area contributed by atoms with Crippen molar-refractivity contribution in [3.05, 3.63) is 105 Å². The maximum absolute atomic E-state index is 14.0. The summed E-state index contributed by atoms with van der Waals surface area (Å²) in [6.07, 6.45) is 0. The fraction of sp³-hybridized carbons (Fsp3) is 0.194. The van der Waals surface area contributed by atoms with Crippen molar-refractivity contribution < 1.29 is 29.0 Å². The van der Waals surface area contributed by atoms with Crippen LogP contribution in [0.4, 0.5) is 11.4 Å². The van der Waals surface area contributed by atoms with Crippen molar-refractivity contribution in [3.8, 4) is 5.75 Å². The second-order valence-electron chi connectivity index (χ2n) is 9.95. The molecular formula is C31H25N3O7S2. The van der Waals surface area contributed by atoms with Gasteiger partial charge in [-0.05, 0) is 61.0 Å². The molecule has 10 nitrogen and oxygen atoms in total. The number of hydrogen-bond acceptors (Lipinski definition) is 9. The first kappa shape index (κ1) is 28.4. The van der Waals surface area contributed by atoms with E-state index in [0.29, 0.717) is 32.4 Å². The van der Waals surface area contributed by atoms with Crippen LogP contribution in [-0.2, 0) is 25.7 Å². The van der Waals surface area contributed by atoms with E-state index in [1.54, 1.807) is 43.3 Å². The van der Waals surface area contributed by atoms with Crippen molar-refractivity contribution >= 4 is 58.2 Å². The molecule has 0 unspecified atom stereocenters. The highest BCUT2D eigenvalue weighted by Crippen LogP contribution is 2.54. The average Bonchev–Trinajstić information content (AvgIpc) is 3.44. The number of para-hydroxylation sites is 1. The molecule has 218 valence electrons. The summed E-state index contributed by atoms with van der Waals surface area (Å²) >= 11 is 2.05. The Bertz CT molecular complexity index is 1780. The van der Waals surface area contributed by atoms with Gasteiger partial charge in [0.25, 0.3) is 0 Å². The number of amides is 3. The third kappa shape index (κ3) is 5.23. The topological polar surface area (TPSA) is 135 Å². The smallest absolute Gasteiger partial charge is 0.338 e. The number of nitrogens with one attached hydrogen (secondary N) is 1. The molecule has 0 saturated carbocycles. The molecule has 3 heterocycles. The Morgan fingerprint density at radius 2 is 1.63 bits per heavy atom. The molecule has 3 atom stereocenters. The van der Waals surface area contributed by atoms with Gasteiger partial charge in [0.15, 0.2) is 0 Å². The minimum Gasteiger partial charge on any atom is -0.508 e. The lowest BCUT2D eigenvalue weighted by atomic mass is 9.83. The minimum atomic E-state index is -0.874. The van der Waals surface area contributed by atoms with E-state index in [2.05, 4.69) is 5.32 Å². The van der Waals surface area contributed by atoms with Gasteiger partial charge in [0.2, 0.25) is 17.7 Å². The summed E-state index contributed by atoms with van der Waals surface area (Å²) < 4.78 is 6.38. The van der Waals surface area contributed by atoms with Crippen molar-refractivity contribution in [1.29, 1.82) is 0 Å². The van der Waals surface area contributed by atoms with E-state index in [-0.39, 0.29) is 23.8 Å². The average molecular weight is 616 g/mol. The number of thiazole rings is 1. The minimum absolute atomic E-state index is 0.0335. The van der Waals surface area contributed by atoms with E-state index in [1.165, 1.54) is 41.0 Å². The number of imide groups is 1. The van der Waals surface area contributed by atoms with Crippen LogP contribution in [-0.4, -0.2) is 45.2 Å². The number of esters is 1. The van der Waals surface area contributed by atoms with Crippen LogP contribution in [0.25, 0.3) is 0 Å². The van der Waals surface area contributed by atoms with Crippen LogP contribution >= 0.6 is 23.1 Å². The molecule has 12 heteroatoms. The zero-order valence-electron chi connectivity index (χ0n) is 22.8. The summed E-state index contributed by atoms with van der Waals surface area (Å²) in [4.78, 5) is 67.5. The number of hydrogen-bond donors (Lipinski definition) is 2. The van der Waals surface area contributed by atoms with Crippen LogP contribution in [0.1, 0.15) is 33.6 Å². The molecule has 0 spiro atoms. The van der Waals surface area contributed by atoms with Gasteiger partial charge >= 0.3 is 10.8 Å². The number of fused-ring (bicyclic) bond motifs is 2. The Balaban J connectivity index is 1.38. The van der Waals surface area contributed by atoms with Crippen LogP contribution in [0.3, 0.4) is 0 Å². The Hall–Kier alpha value is -4.68. The molecule has 1 fully saturated rings. The summed E-state index contributed by atoms with van der Waals surface area (Å²) in [5.41, 5.74) is 1.83. The third-order valence-corrected chi connectivity index (χ3v) is 9.90. The van der Waals surface area contributed by atoms with Crippen LogP contribution in [0, 0.1) is 5.92 Å². The maximum atomic E-state index is 14.0. The van der Waals surface area contributed by atoms with Crippen LogP contribution in [0.15, 0.2) is 88.7 Å². The number of ether oxygens (including phenoxy) is 1. The number of aromatic nitrogens is 1. The first-order chi connectivity index (χ1) is 20.8. The highest BCUT2D eigenvalue weighted by Gasteiger charge is 2.56. The number of nitrogens with zero attached hydrogens (tertiary/aromatic N) is 2. The van der Waals surface area contributed by atoms with Gasteiger partial charge in [0.1, 0.15) is 17.5 Å². The SMILES string of the molecule is CCOC(=O)c1ccc(N2C(=O)[C@@H]3[C@H](c4ccc(O)cc4)c4sc(=O)n(CC(=O)Nc5ccccc5)c4S[C@@H]3C2=O)cc1. The van der Waals surface area contributed by atoms with Crippen molar-refractivity contribution in [2.75, 3.05) is 16.8 Å². The lowest BCUT2D eigenvalue weighted by Gasteiger charge is -2.30. The predicted octanol–water partition coefficient (Wildman–Crippen LogP) is 4.23. The molecule has 1 saturated heterocycles. The second kappa shape index (κ2) is 11.5. The number of rotatable bonds is 7. The summed E-state index contributed by atoms with van der Waals surface area (Å²) in [5.74, 6) is -3.30. The molecule has 2 N–H and O–H groups in total. The Morgan fingerprint density at radius 3 is 2.30 bits per heavy atom. The van der Waals surface area contributed by atoms with E-state index in [4.69, 9.17) is 4.74 Å². The quantitative estimate of drug-likeness (QED) is 0.233. The number of benzene rings is 3. The van der Waals surface area contributed by atoms with Crippen LogP contribution < -0.4 is 15.1 Å². The van der Waals surface area contributed by atoms with E-state index in [0.717, 1.165) is 28.0 Å². The largest absolute Gasteiger partial charge is 0.508 e. The standard InChI is InChI=1S/C31H25N3O7S2/c1-2-41-30(39)18-8-12-20(13-9-18)34-27(37)24-23(17-10-14-21(35)15-11-17)26-29(42-25(24)28(34)38)33(31(40)43-26)16-22(36)32-19-6-4-3-5-7-19/h3-15,23-25,35H,2,16H2,1H3,(H,32,36)/t23-,24+,25-/m0/s1. The molecule has 3 amide bonds. The van der Waals surface area contributed by atoms with Crippen molar-refractivity contribution in [1.82, 2.24) is 4.57 Å². The molecule has 4 aromatic rings. The number of carbonyl (C=O) groups excluding carboxylic acids is 4. The molecule has 2 aliphatic rings. The molecule has 0 bridgehead atoms. The summed E-state index contributed by atoms with van der Waals surface area (Å²) in [5, 5.41) is 12.3. The molecular weight excluding hydrogens is 590 g/mol. The van der Waals surface area contributed by atoms with Crippen molar-refractivity contribution in [2.24, 2.45) is 5.92 Å². The molecule has 1 aromatic heterocycles. The zero-order valence-corrected chi connectivity index (χ0v) is 24.4. The van der Waals surface area contributed by atoms with Gasteiger partial charge < -0.3 is 15.2 Å². The fourth-order valence-electron chi connectivity index (χ4n) is 5.38. The molecule has 2 aliphatic heterocycles. The lowest BCUT2D eigenvalue weighted by molar-refractivity contribution is -0.122.